The number of benzene rings is 1. The molecule has 116 valence electrons. The topological polar surface area (TPSA) is 49.0 Å². The van der Waals surface area contributed by atoms with Gasteiger partial charge < -0.3 is 9.88 Å². The van der Waals surface area contributed by atoms with Crippen LogP contribution in [0.25, 0.3) is 11.3 Å². The van der Waals surface area contributed by atoms with Crippen molar-refractivity contribution in [3.63, 3.8) is 0 Å². The molecule has 1 unspecified atom stereocenters. The number of aryl methyl sites for hydroxylation is 1. The molecule has 4 nitrogen and oxygen atoms in total. The van der Waals surface area contributed by atoms with Crippen LogP contribution in [-0.2, 0) is 4.79 Å². The van der Waals surface area contributed by atoms with Crippen LogP contribution in [0.3, 0.4) is 0 Å². The Bertz CT molecular complexity index is 690. The van der Waals surface area contributed by atoms with E-state index in [0.717, 1.165) is 29.3 Å². The minimum atomic E-state index is 0.148. The van der Waals surface area contributed by atoms with Crippen LogP contribution in [-0.4, -0.2) is 33.4 Å². The molecule has 1 aromatic heterocycles. The number of amides is 1. The first-order chi connectivity index (χ1) is 10.5. The normalized spacial score (nSPS) is 18.5. The van der Waals surface area contributed by atoms with E-state index in [1.165, 1.54) is 0 Å². The SMILES string of the molecule is Cc1[nH]c(C2CC(=O)N(C(C)C)C2)nc1-c1ccc(Cl)cc1. The molecule has 1 saturated heterocycles. The van der Waals surface area contributed by atoms with E-state index in [2.05, 4.69) is 4.98 Å². The smallest absolute Gasteiger partial charge is 0.223 e. The molecule has 3 rings (SSSR count). The Hall–Kier alpha value is -1.81. The van der Waals surface area contributed by atoms with Crippen LogP contribution in [0.15, 0.2) is 24.3 Å². The third-order valence-corrected chi connectivity index (χ3v) is 4.44. The lowest BCUT2D eigenvalue weighted by atomic mass is 10.1. The van der Waals surface area contributed by atoms with E-state index in [-0.39, 0.29) is 17.9 Å². The molecule has 0 saturated carbocycles. The molecule has 1 N–H and O–H groups in total. The van der Waals surface area contributed by atoms with E-state index in [1.807, 2.05) is 49.9 Å². The molecular formula is C17H20ClN3O. The number of nitrogens with one attached hydrogen (secondary N) is 1. The number of hydrogen-bond acceptors (Lipinski definition) is 2. The van der Waals surface area contributed by atoms with Crippen molar-refractivity contribution in [2.45, 2.75) is 39.2 Å². The average molecular weight is 318 g/mol. The highest BCUT2D eigenvalue weighted by molar-refractivity contribution is 6.30. The number of hydrogen-bond donors (Lipinski definition) is 1. The molecule has 0 spiro atoms. The zero-order valence-electron chi connectivity index (χ0n) is 13.1. The summed E-state index contributed by atoms with van der Waals surface area (Å²) in [6.07, 6.45) is 0.533. The van der Waals surface area contributed by atoms with Crippen LogP contribution in [0.2, 0.25) is 5.02 Å². The first-order valence-electron chi connectivity index (χ1n) is 7.57. The van der Waals surface area contributed by atoms with E-state index < -0.39 is 0 Å². The predicted octanol–water partition coefficient (Wildman–Crippen LogP) is 3.76. The molecule has 1 fully saturated rings. The van der Waals surface area contributed by atoms with E-state index in [1.54, 1.807) is 0 Å². The molecule has 1 aliphatic rings. The van der Waals surface area contributed by atoms with Gasteiger partial charge in [0.1, 0.15) is 5.82 Å². The van der Waals surface area contributed by atoms with Crippen LogP contribution in [0.4, 0.5) is 0 Å². The first-order valence-corrected chi connectivity index (χ1v) is 7.95. The molecule has 1 atom stereocenters. The summed E-state index contributed by atoms with van der Waals surface area (Å²) in [6, 6.07) is 7.91. The summed E-state index contributed by atoms with van der Waals surface area (Å²) in [4.78, 5) is 22.1. The van der Waals surface area contributed by atoms with Gasteiger partial charge in [-0.15, -0.1) is 0 Å². The molecule has 1 aliphatic heterocycles. The summed E-state index contributed by atoms with van der Waals surface area (Å²) < 4.78 is 0. The number of carbonyl (C=O) groups excluding carboxylic acids is 1. The number of aromatic amines is 1. The molecule has 0 bridgehead atoms. The Morgan fingerprint density at radius 1 is 1.32 bits per heavy atom. The molecule has 5 heteroatoms. The van der Waals surface area contributed by atoms with Crippen LogP contribution >= 0.6 is 11.6 Å². The largest absolute Gasteiger partial charge is 0.345 e. The highest BCUT2D eigenvalue weighted by Crippen LogP contribution is 2.31. The predicted molar refractivity (Wildman–Crippen MR) is 88.0 cm³/mol. The molecule has 0 radical (unpaired) electrons. The van der Waals surface area contributed by atoms with Crippen molar-refractivity contribution in [2.24, 2.45) is 0 Å². The van der Waals surface area contributed by atoms with Crippen molar-refractivity contribution in [2.75, 3.05) is 6.54 Å². The van der Waals surface area contributed by atoms with Gasteiger partial charge in [0.15, 0.2) is 0 Å². The van der Waals surface area contributed by atoms with Gasteiger partial charge in [-0.1, -0.05) is 23.7 Å². The van der Waals surface area contributed by atoms with E-state index in [4.69, 9.17) is 16.6 Å². The number of H-pyrrole nitrogens is 1. The summed E-state index contributed by atoms with van der Waals surface area (Å²) in [7, 11) is 0. The van der Waals surface area contributed by atoms with Gasteiger partial charge in [0.05, 0.1) is 5.69 Å². The lowest BCUT2D eigenvalue weighted by Crippen LogP contribution is -2.31. The van der Waals surface area contributed by atoms with Gasteiger partial charge in [-0.2, -0.15) is 0 Å². The maximum atomic E-state index is 12.1. The Morgan fingerprint density at radius 2 is 2.00 bits per heavy atom. The summed E-state index contributed by atoms with van der Waals surface area (Å²) in [5.41, 5.74) is 2.99. The molecular weight excluding hydrogens is 298 g/mol. The standard InChI is InChI=1S/C17H20ClN3O/c1-10(2)21-9-13(8-15(21)22)17-19-11(3)16(20-17)12-4-6-14(18)7-5-12/h4-7,10,13H,8-9H2,1-3H3,(H,19,20). The quantitative estimate of drug-likeness (QED) is 0.937. The molecule has 0 aliphatic carbocycles. The van der Waals surface area contributed by atoms with Gasteiger partial charge in [-0.25, -0.2) is 4.98 Å². The summed E-state index contributed by atoms with van der Waals surface area (Å²) in [5.74, 6) is 1.26. The van der Waals surface area contributed by atoms with Gasteiger partial charge in [0.25, 0.3) is 0 Å². The second kappa shape index (κ2) is 5.76. The van der Waals surface area contributed by atoms with Crippen LogP contribution in [0, 0.1) is 6.92 Å². The highest BCUT2D eigenvalue weighted by Gasteiger charge is 2.34. The van der Waals surface area contributed by atoms with Crippen molar-refractivity contribution in [1.29, 1.82) is 0 Å². The minimum Gasteiger partial charge on any atom is -0.345 e. The van der Waals surface area contributed by atoms with Crippen molar-refractivity contribution in [1.82, 2.24) is 14.9 Å². The number of aromatic nitrogens is 2. The molecule has 1 aromatic carbocycles. The van der Waals surface area contributed by atoms with Crippen molar-refractivity contribution < 1.29 is 4.79 Å². The third-order valence-electron chi connectivity index (χ3n) is 4.19. The Labute approximate surface area is 135 Å². The maximum Gasteiger partial charge on any atom is 0.223 e. The lowest BCUT2D eigenvalue weighted by Gasteiger charge is -2.20. The van der Waals surface area contributed by atoms with Crippen molar-refractivity contribution >= 4 is 17.5 Å². The number of likely N-dealkylation sites (tertiary alicyclic amines) is 1. The van der Waals surface area contributed by atoms with Crippen LogP contribution in [0.1, 0.15) is 37.7 Å². The second-order valence-electron chi connectivity index (χ2n) is 6.14. The average Bonchev–Trinajstić information content (AvgIpc) is 3.03. The third kappa shape index (κ3) is 2.75. The fourth-order valence-corrected chi connectivity index (χ4v) is 3.11. The van der Waals surface area contributed by atoms with Gasteiger partial charge in [0, 0.05) is 41.2 Å². The monoisotopic (exact) mass is 317 g/mol. The number of nitrogens with zero attached hydrogens (tertiary/aromatic N) is 2. The first kappa shape index (κ1) is 15.1. The van der Waals surface area contributed by atoms with Gasteiger partial charge in [-0.3, -0.25) is 4.79 Å². The minimum absolute atomic E-state index is 0.148. The zero-order valence-corrected chi connectivity index (χ0v) is 13.8. The molecule has 2 heterocycles. The summed E-state index contributed by atoms with van der Waals surface area (Å²) >= 11 is 5.94. The van der Waals surface area contributed by atoms with E-state index in [9.17, 15) is 4.79 Å². The maximum absolute atomic E-state index is 12.1. The van der Waals surface area contributed by atoms with E-state index in [0.29, 0.717) is 11.4 Å². The molecule has 2 aromatic rings. The van der Waals surface area contributed by atoms with Crippen molar-refractivity contribution in [3.05, 3.63) is 40.8 Å². The highest BCUT2D eigenvalue weighted by atomic mass is 35.5. The van der Waals surface area contributed by atoms with Crippen LogP contribution in [0.5, 0.6) is 0 Å². The Morgan fingerprint density at radius 3 is 2.59 bits per heavy atom. The second-order valence-corrected chi connectivity index (χ2v) is 6.58. The summed E-state index contributed by atoms with van der Waals surface area (Å²) in [6.45, 7) is 6.85. The van der Waals surface area contributed by atoms with E-state index >= 15 is 0 Å². The van der Waals surface area contributed by atoms with Gasteiger partial charge in [0.2, 0.25) is 5.91 Å². The van der Waals surface area contributed by atoms with Crippen LogP contribution < -0.4 is 0 Å². The Balaban J connectivity index is 1.87. The van der Waals surface area contributed by atoms with Crippen molar-refractivity contribution in [3.8, 4) is 11.3 Å². The number of halogens is 1. The number of imidazole rings is 1. The Kier molecular flexibility index (Phi) is 3.96. The molecule has 22 heavy (non-hydrogen) atoms. The zero-order chi connectivity index (χ0) is 15.9. The number of rotatable bonds is 3. The fourth-order valence-electron chi connectivity index (χ4n) is 2.98. The number of carbonyl (C=O) groups is 1. The summed E-state index contributed by atoms with van der Waals surface area (Å²) in [5, 5.41) is 0.714. The lowest BCUT2D eigenvalue weighted by molar-refractivity contribution is -0.129. The van der Waals surface area contributed by atoms with Gasteiger partial charge in [-0.05, 0) is 32.9 Å². The fraction of sp³-hybridized carbons (Fsp3) is 0.412. The van der Waals surface area contributed by atoms with Gasteiger partial charge >= 0.3 is 0 Å². The molecule has 1 amide bonds.